The average molecular weight is 256 g/mol. The summed E-state index contributed by atoms with van der Waals surface area (Å²) in [4.78, 5) is 24.1. The molecule has 1 saturated heterocycles. The Morgan fingerprint density at radius 1 is 1.44 bits per heavy atom. The van der Waals surface area contributed by atoms with Crippen LogP contribution < -0.4 is 0 Å². The highest BCUT2D eigenvalue weighted by Crippen LogP contribution is 2.33. The van der Waals surface area contributed by atoms with Crippen LogP contribution in [-0.4, -0.2) is 31.1 Å². The van der Waals surface area contributed by atoms with E-state index in [2.05, 4.69) is 0 Å². The Bertz CT molecular complexity index is 311. The molecule has 0 aromatic heterocycles. The molecule has 0 unspecified atom stereocenters. The SMILES string of the molecule is CCC[C@@H]1O[C@H](C(C)C)[C@@H](C)C(=O)[C@H]1C(=O)OC. The quantitative estimate of drug-likeness (QED) is 0.571. The van der Waals surface area contributed by atoms with Gasteiger partial charge in [-0.15, -0.1) is 0 Å². The molecule has 0 amide bonds. The number of carbonyl (C=O) groups is 2. The van der Waals surface area contributed by atoms with Gasteiger partial charge in [-0.1, -0.05) is 34.1 Å². The highest BCUT2D eigenvalue weighted by atomic mass is 16.5. The zero-order chi connectivity index (χ0) is 13.9. The number of ketones is 1. The van der Waals surface area contributed by atoms with Crippen molar-refractivity contribution in [2.24, 2.45) is 17.8 Å². The van der Waals surface area contributed by atoms with Gasteiger partial charge in [0, 0.05) is 5.92 Å². The molecule has 0 spiro atoms. The molecule has 0 saturated carbocycles. The predicted octanol–water partition coefficient (Wildman–Crippen LogP) is 2.20. The van der Waals surface area contributed by atoms with Crippen molar-refractivity contribution in [3.8, 4) is 0 Å². The molecule has 18 heavy (non-hydrogen) atoms. The Hall–Kier alpha value is -0.900. The number of ether oxygens (including phenoxy) is 2. The molecule has 4 nitrogen and oxygen atoms in total. The number of hydrogen-bond donors (Lipinski definition) is 0. The smallest absolute Gasteiger partial charge is 0.318 e. The lowest BCUT2D eigenvalue weighted by Gasteiger charge is -2.39. The molecule has 0 aliphatic carbocycles. The molecule has 4 atom stereocenters. The summed E-state index contributed by atoms with van der Waals surface area (Å²) in [5.74, 6) is -1.23. The lowest BCUT2D eigenvalue weighted by Crippen LogP contribution is -2.52. The molecule has 1 rings (SSSR count). The maximum absolute atomic E-state index is 12.3. The summed E-state index contributed by atoms with van der Waals surface area (Å²) < 4.78 is 10.7. The Kier molecular flexibility index (Phi) is 5.32. The van der Waals surface area contributed by atoms with Crippen molar-refractivity contribution in [1.29, 1.82) is 0 Å². The van der Waals surface area contributed by atoms with Crippen LogP contribution in [0.1, 0.15) is 40.5 Å². The van der Waals surface area contributed by atoms with Crippen molar-refractivity contribution in [1.82, 2.24) is 0 Å². The van der Waals surface area contributed by atoms with Crippen molar-refractivity contribution >= 4 is 11.8 Å². The average Bonchev–Trinajstić information content (AvgIpc) is 2.33. The highest BCUT2D eigenvalue weighted by molar-refractivity contribution is 6.01. The maximum atomic E-state index is 12.3. The molecule has 1 fully saturated rings. The van der Waals surface area contributed by atoms with Gasteiger partial charge in [-0.05, 0) is 12.3 Å². The van der Waals surface area contributed by atoms with E-state index in [0.717, 1.165) is 6.42 Å². The molecule has 4 heteroatoms. The summed E-state index contributed by atoms with van der Waals surface area (Å²) >= 11 is 0. The van der Waals surface area contributed by atoms with Gasteiger partial charge in [-0.25, -0.2) is 0 Å². The molecular weight excluding hydrogens is 232 g/mol. The molecule has 1 aliphatic rings. The lowest BCUT2D eigenvalue weighted by molar-refractivity contribution is -0.178. The molecule has 1 aliphatic heterocycles. The first-order valence-electron chi connectivity index (χ1n) is 6.71. The first kappa shape index (κ1) is 15.2. The monoisotopic (exact) mass is 256 g/mol. The zero-order valence-electron chi connectivity index (χ0n) is 11.9. The summed E-state index contributed by atoms with van der Waals surface area (Å²) in [5, 5.41) is 0. The number of rotatable bonds is 4. The summed E-state index contributed by atoms with van der Waals surface area (Å²) in [5.41, 5.74) is 0. The van der Waals surface area contributed by atoms with E-state index in [-0.39, 0.29) is 29.8 Å². The van der Waals surface area contributed by atoms with Crippen molar-refractivity contribution in [2.45, 2.75) is 52.7 Å². The van der Waals surface area contributed by atoms with E-state index in [1.807, 2.05) is 27.7 Å². The molecular formula is C14H24O4. The zero-order valence-corrected chi connectivity index (χ0v) is 11.9. The largest absolute Gasteiger partial charge is 0.468 e. The van der Waals surface area contributed by atoms with E-state index < -0.39 is 11.9 Å². The third-order valence-electron chi connectivity index (χ3n) is 3.64. The van der Waals surface area contributed by atoms with Crippen molar-refractivity contribution in [3.63, 3.8) is 0 Å². The van der Waals surface area contributed by atoms with E-state index in [9.17, 15) is 9.59 Å². The van der Waals surface area contributed by atoms with E-state index in [1.54, 1.807) is 0 Å². The van der Waals surface area contributed by atoms with Crippen LogP contribution in [0.5, 0.6) is 0 Å². The number of esters is 1. The summed E-state index contributed by atoms with van der Waals surface area (Å²) in [6.07, 6.45) is 1.15. The summed E-state index contributed by atoms with van der Waals surface area (Å²) in [6.45, 7) is 7.93. The van der Waals surface area contributed by atoms with Gasteiger partial charge in [0.2, 0.25) is 0 Å². The predicted molar refractivity (Wildman–Crippen MR) is 68.1 cm³/mol. The van der Waals surface area contributed by atoms with E-state index >= 15 is 0 Å². The van der Waals surface area contributed by atoms with Crippen LogP contribution >= 0.6 is 0 Å². The van der Waals surface area contributed by atoms with Gasteiger partial charge in [0.1, 0.15) is 5.92 Å². The molecule has 0 bridgehead atoms. The van der Waals surface area contributed by atoms with Gasteiger partial charge in [-0.2, -0.15) is 0 Å². The van der Waals surface area contributed by atoms with Gasteiger partial charge in [-0.3, -0.25) is 9.59 Å². The minimum absolute atomic E-state index is 0.0368. The first-order chi connectivity index (χ1) is 8.43. The standard InChI is InChI=1S/C14H24O4/c1-6-7-10-11(14(16)17-5)12(15)9(4)13(18-10)8(2)3/h8-11,13H,6-7H2,1-5H3/t9-,10-,11-,13+/m0/s1. The first-order valence-corrected chi connectivity index (χ1v) is 6.71. The van der Waals surface area contributed by atoms with Crippen molar-refractivity contribution < 1.29 is 19.1 Å². The van der Waals surface area contributed by atoms with Gasteiger partial charge in [0.15, 0.2) is 5.78 Å². The van der Waals surface area contributed by atoms with Crippen LogP contribution in [0.25, 0.3) is 0 Å². The van der Waals surface area contributed by atoms with Gasteiger partial charge < -0.3 is 9.47 Å². The molecule has 0 radical (unpaired) electrons. The minimum Gasteiger partial charge on any atom is -0.468 e. The second kappa shape index (κ2) is 6.32. The van der Waals surface area contributed by atoms with Crippen LogP contribution in [-0.2, 0) is 19.1 Å². The van der Waals surface area contributed by atoms with Gasteiger partial charge >= 0.3 is 5.97 Å². The molecule has 1 heterocycles. The third-order valence-corrected chi connectivity index (χ3v) is 3.64. The van der Waals surface area contributed by atoms with Crippen LogP contribution in [0.3, 0.4) is 0 Å². The van der Waals surface area contributed by atoms with E-state index in [4.69, 9.17) is 9.47 Å². The fraction of sp³-hybridized carbons (Fsp3) is 0.857. The van der Waals surface area contributed by atoms with E-state index in [1.165, 1.54) is 7.11 Å². The van der Waals surface area contributed by atoms with Crippen LogP contribution in [0.4, 0.5) is 0 Å². The Morgan fingerprint density at radius 2 is 2.06 bits per heavy atom. The van der Waals surface area contributed by atoms with Gasteiger partial charge in [0.25, 0.3) is 0 Å². The molecule has 104 valence electrons. The fourth-order valence-corrected chi connectivity index (χ4v) is 2.68. The molecule has 0 aromatic rings. The second-order valence-electron chi connectivity index (χ2n) is 5.36. The normalized spacial score (nSPS) is 32.7. The van der Waals surface area contributed by atoms with Gasteiger partial charge in [0.05, 0.1) is 19.3 Å². The number of methoxy groups -OCH3 is 1. The Labute approximate surface area is 109 Å². The molecule has 0 aromatic carbocycles. The Morgan fingerprint density at radius 3 is 2.50 bits per heavy atom. The molecule has 0 N–H and O–H groups in total. The fourth-order valence-electron chi connectivity index (χ4n) is 2.68. The Balaban J connectivity index is 2.96. The third kappa shape index (κ3) is 2.91. The number of Topliss-reactive ketones (excluding diaryl/α,β-unsaturated/α-hetero) is 1. The summed E-state index contributed by atoms with van der Waals surface area (Å²) in [7, 11) is 1.32. The highest BCUT2D eigenvalue weighted by Gasteiger charge is 2.47. The minimum atomic E-state index is -0.750. The lowest BCUT2D eigenvalue weighted by atomic mass is 9.79. The summed E-state index contributed by atoms with van der Waals surface area (Å²) in [6, 6.07) is 0. The van der Waals surface area contributed by atoms with Crippen LogP contribution in [0.2, 0.25) is 0 Å². The second-order valence-corrected chi connectivity index (χ2v) is 5.36. The van der Waals surface area contributed by atoms with Crippen LogP contribution in [0, 0.1) is 17.8 Å². The number of hydrogen-bond acceptors (Lipinski definition) is 4. The van der Waals surface area contributed by atoms with Crippen LogP contribution in [0.15, 0.2) is 0 Å². The van der Waals surface area contributed by atoms with Crippen molar-refractivity contribution in [3.05, 3.63) is 0 Å². The topological polar surface area (TPSA) is 52.6 Å². The number of carbonyl (C=O) groups excluding carboxylic acids is 2. The maximum Gasteiger partial charge on any atom is 0.318 e. The van der Waals surface area contributed by atoms with E-state index in [0.29, 0.717) is 6.42 Å². The van der Waals surface area contributed by atoms with Crippen molar-refractivity contribution in [2.75, 3.05) is 7.11 Å².